The lowest BCUT2D eigenvalue weighted by Gasteiger charge is -2.12. The SMILES string of the molecule is C#CCCC(N)c1cc(Cl)ccc1Cl. The van der Waals surface area contributed by atoms with E-state index >= 15 is 0 Å². The van der Waals surface area contributed by atoms with Crippen LogP contribution in [0.15, 0.2) is 18.2 Å². The molecule has 0 aliphatic rings. The Balaban J connectivity index is 2.83. The molecular weight excluding hydrogens is 217 g/mol. The molecule has 1 nitrogen and oxygen atoms in total. The van der Waals surface area contributed by atoms with Crippen molar-refractivity contribution in [2.75, 3.05) is 0 Å². The Bertz CT molecular complexity index is 355. The van der Waals surface area contributed by atoms with Gasteiger partial charge in [-0.3, -0.25) is 0 Å². The van der Waals surface area contributed by atoms with Crippen molar-refractivity contribution in [2.45, 2.75) is 18.9 Å². The van der Waals surface area contributed by atoms with Crippen molar-refractivity contribution < 1.29 is 0 Å². The fourth-order valence-corrected chi connectivity index (χ4v) is 1.63. The Labute approximate surface area is 94.2 Å². The summed E-state index contributed by atoms with van der Waals surface area (Å²) in [5.74, 6) is 2.55. The molecular formula is C11H11Cl2N. The highest BCUT2D eigenvalue weighted by Gasteiger charge is 2.09. The van der Waals surface area contributed by atoms with E-state index in [4.69, 9.17) is 35.4 Å². The zero-order valence-electron chi connectivity index (χ0n) is 7.63. The molecule has 0 saturated carbocycles. The summed E-state index contributed by atoms with van der Waals surface area (Å²) < 4.78 is 0. The Kier molecular flexibility index (Phi) is 4.28. The van der Waals surface area contributed by atoms with Crippen molar-refractivity contribution in [3.05, 3.63) is 33.8 Å². The first-order valence-corrected chi connectivity index (χ1v) is 5.04. The summed E-state index contributed by atoms with van der Waals surface area (Å²) in [6, 6.07) is 5.12. The standard InChI is InChI=1S/C11H11Cl2N/c1-2-3-4-11(14)9-7-8(12)5-6-10(9)13/h1,5-7,11H,3-4,14H2. The second-order valence-corrected chi connectivity index (χ2v) is 3.86. The second-order valence-electron chi connectivity index (χ2n) is 3.02. The van der Waals surface area contributed by atoms with E-state index in [-0.39, 0.29) is 6.04 Å². The fourth-order valence-electron chi connectivity index (χ4n) is 1.19. The summed E-state index contributed by atoms with van der Waals surface area (Å²) in [6.45, 7) is 0. The minimum Gasteiger partial charge on any atom is -0.324 e. The first-order valence-electron chi connectivity index (χ1n) is 4.29. The molecule has 0 bridgehead atoms. The van der Waals surface area contributed by atoms with E-state index in [0.29, 0.717) is 16.5 Å². The molecule has 74 valence electrons. The Morgan fingerprint density at radius 1 is 1.43 bits per heavy atom. The lowest BCUT2D eigenvalue weighted by molar-refractivity contribution is 0.668. The topological polar surface area (TPSA) is 26.0 Å². The van der Waals surface area contributed by atoms with Gasteiger partial charge in [-0.1, -0.05) is 23.2 Å². The van der Waals surface area contributed by atoms with Crippen LogP contribution in [0.3, 0.4) is 0 Å². The first kappa shape index (κ1) is 11.4. The van der Waals surface area contributed by atoms with Gasteiger partial charge in [0.25, 0.3) is 0 Å². The number of terminal acetylenes is 1. The van der Waals surface area contributed by atoms with Crippen molar-refractivity contribution in [3.8, 4) is 12.3 Å². The van der Waals surface area contributed by atoms with Gasteiger partial charge in [0.15, 0.2) is 0 Å². The van der Waals surface area contributed by atoms with Crippen LogP contribution in [0, 0.1) is 12.3 Å². The normalized spacial score (nSPS) is 12.1. The lowest BCUT2D eigenvalue weighted by Crippen LogP contribution is -2.10. The summed E-state index contributed by atoms with van der Waals surface area (Å²) in [5, 5.41) is 1.28. The van der Waals surface area contributed by atoms with Crippen LogP contribution < -0.4 is 5.73 Å². The maximum atomic E-state index is 5.98. The third-order valence-corrected chi connectivity index (χ3v) is 2.54. The molecule has 0 aliphatic carbocycles. The molecule has 0 radical (unpaired) electrons. The average molecular weight is 228 g/mol. The van der Waals surface area contributed by atoms with Crippen LogP contribution in [0.4, 0.5) is 0 Å². The third-order valence-electron chi connectivity index (χ3n) is 1.96. The minimum atomic E-state index is -0.141. The van der Waals surface area contributed by atoms with Crippen LogP contribution >= 0.6 is 23.2 Å². The second kappa shape index (κ2) is 5.26. The number of hydrogen-bond donors (Lipinski definition) is 1. The number of benzene rings is 1. The molecule has 0 spiro atoms. The van der Waals surface area contributed by atoms with Gasteiger partial charge in [0, 0.05) is 22.5 Å². The smallest absolute Gasteiger partial charge is 0.0454 e. The van der Waals surface area contributed by atoms with Gasteiger partial charge in [-0.05, 0) is 30.2 Å². The summed E-state index contributed by atoms with van der Waals surface area (Å²) in [5.41, 5.74) is 6.77. The highest BCUT2D eigenvalue weighted by Crippen LogP contribution is 2.27. The van der Waals surface area contributed by atoms with E-state index in [1.807, 2.05) is 0 Å². The van der Waals surface area contributed by atoms with Gasteiger partial charge in [0.1, 0.15) is 0 Å². The van der Waals surface area contributed by atoms with Gasteiger partial charge >= 0.3 is 0 Å². The molecule has 0 aromatic heterocycles. The molecule has 0 heterocycles. The van der Waals surface area contributed by atoms with Gasteiger partial charge < -0.3 is 5.73 Å². The van der Waals surface area contributed by atoms with Gasteiger partial charge in [0.2, 0.25) is 0 Å². The molecule has 1 rings (SSSR count). The van der Waals surface area contributed by atoms with Crippen molar-refractivity contribution in [3.63, 3.8) is 0 Å². The summed E-state index contributed by atoms with van der Waals surface area (Å²) in [6.07, 6.45) is 6.52. The Morgan fingerprint density at radius 2 is 2.14 bits per heavy atom. The minimum absolute atomic E-state index is 0.141. The molecule has 14 heavy (non-hydrogen) atoms. The van der Waals surface area contributed by atoms with Gasteiger partial charge in [0.05, 0.1) is 0 Å². The van der Waals surface area contributed by atoms with Gasteiger partial charge in [-0.15, -0.1) is 12.3 Å². The van der Waals surface area contributed by atoms with Crippen LogP contribution in [0.1, 0.15) is 24.4 Å². The molecule has 1 unspecified atom stereocenters. The van der Waals surface area contributed by atoms with Crippen LogP contribution in [-0.4, -0.2) is 0 Å². The summed E-state index contributed by atoms with van der Waals surface area (Å²) in [7, 11) is 0. The lowest BCUT2D eigenvalue weighted by atomic mass is 10.0. The van der Waals surface area contributed by atoms with E-state index in [1.165, 1.54) is 0 Å². The fraction of sp³-hybridized carbons (Fsp3) is 0.273. The van der Waals surface area contributed by atoms with Gasteiger partial charge in [-0.25, -0.2) is 0 Å². The van der Waals surface area contributed by atoms with Crippen LogP contribution in [0.25, 0.3) is 0 Å². The summed E-state index contributed by atoms with van der Waals surface area (Å²) >= 11 is 11.8. The zero-order chi connectivity index (χ0) is 10.6. The van der Waals surface area contributed by atoms with E-state index in [0.717, 1.165) is 12.0 Å². The third kappa shape index (κ3) is 2.92. The maximum Gasteiger partial charge on any atom is 0.0454 e. The van der Waals surface area contributed by atoms with E-state index in [2.05, 4.69) is 5.92 Å². The molecule has 3 heteroatoms. The monoisotopic (exact) mass is 227 g/mol. The molecule has 2 N–H and O–H groups in total. The molecule has 0 aliphatic heterocycles. The van der Waals surface area contributed by atoms with Crippen molar-refractivity contribution in [1.82, 2.24) is 0 Å². The van der Waals surface area contributed by atoms with Crippen LogP contribution in [0.5, 0.6) is 0 Å². The van der Waals surface area contributed by atoms with Crippen molar-refractivity contribution in [2.24, 2.45) is 5.73 Å². The average Bonchev–Trinajstić information content (AvgIpc) is 2.18. The summed E-state index contributed by atoms with van der Waals surface area (Å²) in [4.78, 5) is 0. The maximum absolute atomic E-state index is 5.98. The number of halogens is 2. The highest BCUT2D eigenvalue weighted by atomic mass is 35.5. The van der Waals surface area contributed by atoms with E-state index < -0.39 is 0 Å². The van der Waals surface area contributed by atoms with E-state index in [1.54, 1.807) is 18.2 Å². The molecule has 0 fully saturated rings. The van der Waals surface area contributed by atoms with Crippen molar-refractivity contribution >= 4 is 23.2 Å². The quantitative estimate of drug-likeness (QED) is 0.788. The molecule has 1 aromatic rings. The predicted molar refractivity (Wildman–Crippen MR) is 61.5 cm³/mol. The number of rotatable bonds is 3. The number of hydrogen-bond acceptors (Lipinski definition) is 1. The molecule has 1 atom stereocenters. The highest BCUT2D eigenvalue weighted by molar-refractivity contribution is 6.33. The molecule has 0 saturated heterocycles. The molecule has 0 amide bonds. The molecule has 1 aromatic carbocycles. The largest absolute Gasteiger partial charge is 0.324 e. The predicted octanol–water partition coefficient (Wildman–Crippen LogP) is 3.41. The van der Waals surface area contributed by atoms with Crippen molar-refractivity contribution in [1.29, 1.82) is 0 Å². The van der Waals surface area contributed by atoms with Crippen LogP contribution in [-0.2, 0) is 0 Å². The Morgan fingerprint density at radius 3 is 2.79 bits per heavy atom. The Hall–Kier alpha value is -0.680. The van der Waals surface area contributed by atoms with E-state index in [9.17, 15) is 0 Å². The first-order chi connectivity index (χ1) is 6.65. The number of nitrogens with two attached hydrogens (primary N) is 1. The zero-order valence-corrected chi connectivity index (χ0v) is 9.15. The van der Waals surface area contributed by atoms with Gasteiger partial charge in [-0.2, -0.15) is 0 Å². The van der Waals surface area contributed by atoms with Crippen LogP contribution in [0.2, 0.25) is 10.0 Å².